The predicted molar refractivity (Wildman–Crippen MR) is 94.2 cm³/mol. The maximum atomic E-state index is 5.85. The van der Waals surface area contributed by atoms with Crippen LogP contribution in [0.5, 0.6) is 0 Å². The van der Waals surface area contributed by atoms with E-state index >= 15 is 0 Å². The summed E-state index contributed by atoms with van der Waals surface area (Å²) < 4.78 is 5.85. The van der Waals surface area contributed by atoms with Gasteiger partial charge in [-0.2, -0.15) is 0 Å². The second-order valence-electron chi connectivity index (χ2n) is 9.81. The average molecular weight is 315 g/mol. The van der Waals surface area contributed by atoms with Gasteiger partial charge in [-0.1, -0.05) is 18.6 Å². The first-order valence-electron chi connectivity index (χ1n) is 10.4. The third-order valence-electron chi connectivity index (χ3n) is 9.07. The summed E-state index contributed by atoms with van der Waals surface area (Å²) in [5.41, 5.74) is 2.74. The Kier molecular flexibility index (Phi) is 3.32. The Morgan fingerprint density at radius 3 is 2.61 bits per heavy atom. The summed E-state index contributed by atoms with van der Waals surface area (Å²) in [5.74, 6) is 5.14. The van der Waals surface area contributed by atoms with Crippen molar-refractivity contribution < 1.29 is 4.74 Å². The summed E-state index contributed by atoms with van der Waals surface area (Å²) in [7, 11) is 0. The van der Waals surface area contributed by atoms with Crippen molar-refractivity contribution in [3.05, 3.63) is 11.6 Å². The van der Waals surface area contributed by atoms with E-state index in [9.17, 15) is 0 Å². The molecule has 0 amide bonds. The zero-order valence-corrected chi connectivity index (χ0v) is 15.2. The van der Waals surface area contributed by atoms with Crippen LogP contribution in [0.1, 0.15) is 78.1 Å². The molecule has 128 valence electrons. The molecule has 1 spiro atoms. The third-order valence-corrected chi connectivity index (χ3v) is 9.07. The molecule has 1 saturated heterocycles. The number of ether oxygens (including phenoxy) is 1. The normalized spacial score (nSPS) is 56.8. The van der Waals surface area contributed by atoms with Gasteiger partial charge in [-0.3, -0.25) is 0 Å². The van der Waals surface area contributed by atoms with Gasteiger partial charge in [0.05, 0.1) is 12.2 Å². The molecule has 1 nitrogen and oxygen atoms in total. The smallest absolute Gasteiger partial charge is 0.0919 e. The van der Waals surface area contributed by atoms with Crippen molar-refractivity contribution in [3.63, 3.8) is 0 Å². The van der Waals surface area contributed by atoms with E-state index in [0.717, 1.165) is 36.2 Å². The summed E-state index contributed by atoms with van der Waals surface area (Å²) in [4.78, 5) is 0. The van der Waals surface area contributed by atoms with Gasteiger partial charge in [0.1, 0.15) is 0 Å². The summed E-state index contributed by atoms with van der Waals surface area (Å²) in [6, 6.07) is 0. The molecule has 0 unspecified atom stereocenters. The molecule has 1 heteroatoms. The molecule has 0 N–H and O–H groups in total. The zero-order chi connectivity index (χ0) is 15.7. The van der Waals surface area contributed by atoms with E-state index in [2.05, 4.69) is 19.9 Å². The molecule has 0 aromatic carbocycles. The maximum Gasteiger partial charge on any atom is 0.0919 e. The van der Waals surface area contributed by atoms with Crippen LogP contribution in [0.2, 0.25) is 0 Å². The van der Waals surface area contributed by atoms with Gasteiger partial charge in [-0.25, -0.2) is 0 Å². The van der Waals surface area contributed by atoms with E-state index in [-0.39, 0.29) is 0 Å². The van der Waals surface area contributed by atoms with Gasteiger partial charge in [-0.05, 0) is 106 Å². The van der Waals surface area contributed by atoms with Crippen LogP contribution in [0, 0.1) is 35.0 Å². The second kappa shape index (κ2) is 5.10. The van der Waals surface area contributed by atoms with Crippen molar-refractivity contribution in [2.24, 2.45) is 35.0 Å². The maximum absolute atomic E-state index is 5.85. The minimum atomic E-state index is 0.375. The van der Waals surface area contributed by atoms with Gasteiger partial charge >= 0.3 is 0 Å². The SMILES string of the molecule is C/C=C1\CCC[C@H]2[C@@H]3CC[C@H]4C[C@]5(CC[C@@H]4[C@H]3CC[C@]12C)CO5. The largest absolute Gasteiger partial charge is 0.370 e. The first-order valence-corrected chi connectivity index (χ1v) is 10.4. The molecule has 5 fully saturated rings. The van der Waals surface area contributed by atoms with Crippen molar-refractivity contribution >= 4 is 0 Å². The number of allylic oxidation sites excluding steroid dienone is 2. The summed E-state index contributed by atoms with van der Waals surface area (Å²) >= 11 is 0. The summed E-state index contributed by atoms with van der Waals surface area (Å²) in [5, 5.41) is 0. The summed E-state index contributed by atoms with van der Waals surface area (Å²) in [6.07, 6.45) is 17.1. The highest BCUT2D eigenvalue weighted by atomic mass is 16.6. The number of epoxide rings is 1. The molecule has 5 rings (SSSR count). The first kappa shape index (κ1) is 15.0. The number of hydrogen-bond acceptors (Lipinski definition) is 1. The Hall–Kier alpha value is -0.300. The van der Waals surface area contributed by atoms with Gasteiger partial charge in [0, 0.05) is 0 Å². The van der Waals surface area contributed by atoms with Crippen LogP contribution in [0.25, 0.3) is 0 Å². The molecule has 0 aromatic heterocycles. The lowest BCUT2D eigenvalue weighted by Crippen LogP contribution is -2.51. The van der Waals surface area contributed by atoms with Crippen LogP contribution in [-0.2, 0) is 4.74 Å². The molecule has 0 radical (unpaired) electrons. The van der Waals surface area contributed by atoms with Crippen LogP contribution < -0.4 is 0 Å². The lowest BCUT2D eigenvalue weighted by molar-refractivity contribution is -0.0698. The third kappa shape index (κ3) is 2.14. The van der Waals surface area contributed by atoms with Crippen LogP contribution in [-0.4, -0.2) is 12.2 Å². The Bertz CT molecular complexity index is 516. The molecule has 7 atom stereocenters. The molecule has 5 aliphatic rings. The standard InChI is InChI=1S/C22H34O/c1-3-16-5-4-6-20-19-8-7-15-13-22(14-23-22)12-10-17(15)18(19)9-11-21(16,20)2/h3,15,17-20H,4-14H2,1-2H3/b16-3+/t15-,17-,18+,19+,20-,21+,22+/m0/s1. The highest BCUT2D eigenvalue weighted by molar-refractivity contribution is 5.20. The Labute approximate surface area is 142 Å². The fraction of sp³-hybridized carbons (Fsp3) is 0.909. The van der Waals surface area contributed by atoms with Crippen molar-refractivity contribution in [2.45, 2.75) is 83.7 Å². The van der Waals surface area contributed by atoms with Gasteiger partial charge in [0.15, 0.2) is 0 Å². The van der Waals surface area contributed by atoms with Gasteiger partial charge < -0.3 is 4.74 Å². The van der Waals surface area contributed by atoms with E-state index in [1.54, 1.807) is 0 Å². The van der Waals surface area contributed by atoms with Crippen molar-refractivity contribution in [1.29, 1.82) is 0 Å². The Morgan fingerprint density at radius 2 is 1.83 bits per heavy atom. The van der Waals surface area contributed by atoms with Crippen molar-refractivity contribution in [3.8, 4) is 0 Å². The van der Waals surface area contributed by atoms with Crippen LogP contribution in [0.15, 0.2) is 11.6 Å². The molecule has 23 heavy (non-hydrogen) atoms. The van der Waals surface area contributed by atoms with Gasteiger partial charge in [0.25, 0.3) is 0 Å². The lowest BCUT2D eigenvalue weighted by Gasteiger charge is -2.59. The van der Waals surface area contributed by atoms with Crippen molar-refractivity contribution in [2.75, 3.05) is 6.61 Å². The number of hydrogen-bond donors (Lipinski definition) is 0. The molecule has 1 heterocycles. The monoisotopic (exact) mass is 314 g/mol. The quantitative estimate of drug-likeness (QED) is 0.410. The molecule has 0 aromatic rings. The summed E-state index contributed by atoms with van der Waals surface area (Å²) in [6.45, 7) is 6.00. The minimum absolute atomic E-state index is 0.375. The molecular weight excluding hydrogens is 280 g/mol. The lowest BCUT2D eigenvalue weighted by atomic mass is 9.46. The second-order valence-corrected chi connectivity index (χ2v) is 9.81. The van der Waals surface area contributed by atoms with E-state index in [4.69, 9.17) is 4.74 Å². The zero-order valence-electron chi connectivity index (χ0n) is 15.2. The van der Waals surface area contributed by atoms with E-state index < -0.39 is 0 Å². The highest BCUT2D eigenvalue weighted by Gasteiger charge is 2.57. The van der Waals surface area contributed by atoms with Gasteiger partial charge in [0.2, 0.25) is 0 Å². The fourth-order valence-electron chi connectivity index (χ4n) is 7.83. The van der Waals surface area contributed by atoms with Crippen LogP contribution in [0.3, 0.4) is 0 Å². The first-order chi connectivity index (χ1) is 11.2. The van der Waals surface area contributed by atoms with E-state index in [1.165, 1.54) is 64.2 Å². The van der Waals surface area contributed by atoms with Gasteiger partial charge in [-0.15, -0.1) is 0 Å². The molecule has 1 aliphatic heterocycles. The number of fused-ring (bicyclic) bond motifs is 5. The topological polar surface area (TPSA) is 12.5 Å². The Balaban J connectivity index is 1.40. The fourth-order valence-corrected chi connectivity index (χ4v) is 7.83. The minimum Gasteiger partial charge on any atom is -0.370 e. The van der Waals surface area contributed by atoms with E-state index in [1.807, 2.05) is 5.57 Å². The van der Waals surface area contributed by atoms with Crippen molar-refractivity contribution in [1.82, 2.24) is 0 Å². The predicted octanol–water partition coefficient (Wildman–Crippen LogP) is 5.74. The van der Waals surface area contributed by atoms with E-state index in [0.29, 0.717) is 11.0 Å². The average Bonchev–Trinajstić information content (AvgIpc) is 3.31. The molecule has 0 bridgehead atoms. The van der Waals surface area contributed by atoms with Crippen LogP contribution >= 0.6 is 0 Å². The number of rotatable bonds is 0. The molecule has 4 saturated carbocycles. The molecule has 4 aliphatic carbocycles. The highest BCUT2D eigenvalue weighted by Crippen LogP contribution is 2.64. The van der Waals surface area contributed by atoms with Crippen LogP contribution in [0.4, 0.5) is 0 Å². The molecular formula is C22H34O. The Morgan fingerprint density at radius 1 is 1.00 bits per heavy atom.